The molecule has 0 spiro atoms. The number of halogens is 2. The molecule has 2 fully saturated rings. The van der Waals surface area contributed by atoms with Crippen molar-refractivity contribution in [3.63, 3.8) is 0 Å². The topological polar surface area (TPSA) is 63.1 Å². The fourth-order valence-corrected chi connectivity index (χ4v) is 4.55. The summed E-state index contributed by atoms with van der Waals surface area (Å²) in [5.41, 5.74) is 1.39. The monoisotopic (exact) mass is 421 g/mol. The van der Waals surface area contributed by atoms with Crippen LogP contribution in [0, 0.1) is 5.92 Å². The van der Waals surface area contributed by atoms with E-state index in [-0.39, 0.29) is 23.9 Å². The molecule has 2 atom stereocenters. The minimum absolute atomic E-state index is 0. The fourth-order valence-electron chi connectivity index (χ4n) is 4.35. The number of carbonyl (C=O) groups excluding carboxylic acids is 1. The second kappa shape index (κ2) is 9.12. The van der Waals surface area contributed by atoms with Gasteiger partial charge < -0.3 is 15.2 Å². The summed E-state index contributed by atoms with van der Waals surface area (Å²) in [6, 6.07) is 11.8. The number of nitrogens with zero attached hydrogens (tertiary/aromatic N) is 1. The molecule has 150 valence electrons. The molecule has 0 aliphatic carbocycles. The molecular formula is C21H25Cl2N3O2. The number of nitrogens with one attached hydrogen (secondary N) is 2. The lowest BCUT2D eigenvalue weighted by molar-refractivity contribution is -0.117. The summed E-state index contributed by atoms with van der Waals surface area (Å²) in [6.45, 7) is 0.375. The standard InChI is InChI=1S/C21H24ClN3O2.ClH/c22-19-4-2-1-3-15(19)12-25-13-18(7-8-21(25)27)24-20(26)11-14-9-16-5-6-17(10-14)23-16;/h1-4,7-8,13-14,16-17,23H,5-6,9-12H2,(H,24,26);1H. The van der Waals surface area contributed by atoms with Crippen LogP contribution in [-0.4, -0.2) is 22.6 Å². The Bertz CT molecular complexity index is 887. The van der Waals surface area contributed by atoms with E-state index in [0.717, 1.165) is 18.4 Å². The Kier molecular flexibility index (Phi) is 6.81. The molecule has 7 heteroatoms. The lowest BCUT2D eigenvalue weighted by Gasteiger charge is -2.28. The number of hydrogen-bond donors (Lipinski definition) is 2. The predicted octanol–water partition coefficient (Wildman–Crippen LogP) is 3.83. The van der Waals surface area contributed by atoms with Crippen molar-refractivity contribution in [2.24, 2.45) is 5.92 Å². The first kappa shape index (κ1) is 20.9. The van der Waals surface area contributed by atoms with Crippen molar-refractivity contribution in [2.45, 2.75) is 50.7 Å². The lowest BCUT2D eigenvalue weighted by Crippen LogP contribution is -2.39. The molecule has 2 aliphatic heterocycles. The van der Waals surface area contributed by atoms with Crippen LogP contribution in [-0.2, 0) is 11.3 Å². The first-order valence-corrected chi connectivity index (χ1v) is 9.94. The van der Waals surface area contributed by atoms with E-state index in [0.29, 0.717) is 41.7 Å². The zero-order chi connectivity index (χ0) is 18.8. The van der Waals surface area contributed by atoms with Crippen LogP contribution in [0.2, 0.25) is 5.02 Å². The third kappa shape index (κ3) is 4.96. The van der Waals surface area contributed by atoms with Crippen LogP contribution < -0.4 is 16.2 Å². The number of carbonyl (C=O) groups is 1. The van der Waals surface area contributed by atoms with Crippen LogP contribution in [0.1, 0.15) is 37.7 Å². The van der Waals surface area contributed by atoms with Gasteiger partial charge >= 0.3 is 0 Å². The molecule has 0 saturated carbocycles. The molecule has 4 rings (SSSR count). The van der Waals surface area contributed by atoms with Crippen molar-refractivity contribution >= 4 is 35.6 Å². The summed E-state index contributed by atoms with van der Waals surface area (Å²) >= 11 is 6.20. The number of hydrogen-bond acceptors (Lipinski definition) is 3. The quantitative estimate of drug-likeness (QED) is 0.770. The van der Waals surface area contributed by atoms with Gasteiger partial charge in [-0.05, 0) is 49.3 Å². The number of amides is 1. The number of aromatic nitrogens is 1. The van der Waals surface area contributed by atoms with Crippen LogP contribution in [0.15, 0.2) is 47.4 Å². The highest BCUT2D eigenvalue weighted by atomic mass is 35.5. The first-order chi connectivity index (χ1) is 13.1. The molecule has 2 saturated heterocycles. The summed E-state index contributed by atoms with van der Waals surface area (Å²) in [5.74, 6) is 0.460. The molecule has 5 nitrogen and oxygen atoms in total. The maximum atomic E-state index is 12.5. The number of rotatable bonds is 5. The third-order valence-corrected chi connectivity index (χ3v) is 5.98. The molecule has 1 amide bonds. The van der Waals surface area contributed by atoms with Crippen LogP contribution in [0.4, 0.5) is 5.69 Å². The smallest absolute Gasteiger partial charge is 0.250 e. The summed E-state index contributed by atoms with van der Waals surface area (Å²) in [7, 11) is 0. The molecule has 2 N–H and O–H groups in total. The molecule has 2 unspecified atom stereocenters. The van der Waals surface area contributed by atoms with E-state index in [1.165, 1.54) is 18.9 Å². The van der Waals surface area contributed by atoms with E-state index in [1.807, 2.05) is 18.2 Å². The largest absolute Gasteiger partial charge is 0.325 e. The maximum Gasteiger partial charge on any atom is 0.250 e. The van der Waals surface area contributed by atoms with Crippen molar-refractivity contribution in [1.82, 2.24) is 9.88 Å². The van der Waals surface area contributed by atoms with Gasteiger partial charge in [0.25, 0.3) is 5.56 Å². The van der Waals surface area contributed by atoms with Gasteiger partial charge in [-0.1, -0.05) is 29.8 Å². The van der Waals surface area contributed by atoms with Gasteiger partial charge in [0.2, 0.25) is 5.91 Å². The normalized spacial score (nSPS) is 23.1. The zero-order valence-electron chi connectivity index (χ0n) is 15.6. The Morgan fingerprint density at radius 3 is 2.57 bits per heavy atom. The number of fused-ring (bicyclic) bond motifs is 2. The van der Waals surface area contributed by atoms with Gasteiger partial charge in [0.1, 0.15) is 0 Å². The highest BCUT2D eigenvalue weighted by molar-refractivity contribution is 6.31. The molecule has 0 radical (unpaired) electrons. The van der Waals surface area contributed by atoms with Gasteiger partial charge in [-0.15, -0.1) is 12.4 Å². The van der Waals surface area contributed by atoms with Gasteiger partial charge in [-0.25, -0.2) is 0 Å². The van der Waals surface area contributed by atoms with E-state index >= 15 is 0 Å². The molecule has 28 heavy (non-hydrogen) atoms. The van der Waals surface area contributed by atoms with Gasteiger partial charge in [0.15, 0.2) is 0 Å². The number of piperidine rings is 1. The highest BCUT2D eigenvalue weighted by Gasteiger charge is 2.34. The average molecular weight is 422 g/mol. The first-order valence-electron chi connectivity index (χ1n) is 9.56. The second-order valence-corrected chi connectivity index (χ2v) is 8.11. The molecule has 2 aromatic rings. The summed E-state index contributed by atoms with van der Waals surface area (Å²) in [5, 5.41) is 7.18. The molecular weight excluding hydrogens is 397 g/mol. The van der Waals surface area contributed by atoms with Crippen molar-refractivity contribution < 1.29 is 4.79 Å². The number of anilines is 1. The van der Waals surface area contributed by atoms with Crippen LogP contribution in [0.25, 0.3) is 0 Å². The Balaban J connectivity index is 0.00000225. The average Bonchev–Trinajstić information content (AvgIpc) is 2.98. The summed E-state index contributed by atoms with van der Waals surface area (Å²) in [4.78, 5) is 24.7. The fraction of sp³-hybridized carbons (Fsp3) is 0.429. The minimum Gasteiger partial charge on any atom is -0.325 e. The Morgan fingerprint density at radius 2 is 1.86 bits per heavy atom. The zero-order valence-corrected chi connectivity index (χ0v) is 17.1. The van der Waals surface area contributed by atoms with Crippen LogP contribution in [0.5, 0.6) is 0 Å². The Morgan fingerprint density at radius 1 is 1.14 bits per heavy atom. The SMILES string of the molecule is Cl.O=C(CC1CC2CCC(C1)N2)Nc1ccc(=O)n(Cc2ccccc2Cl)c1. The summed E-state index contributed by atoms with van der Waals surface area (Å²) in [6.07, 6.45) is 6.85. The molecule has 1 aromatic heterocycles. The number of benzene rings is 1. The molecule has 2 aliphatic rings. The third-order valence-electron chi connectivity index (χ3n) is 5.61. The van der Waals surface area contributed by atoms with Crippen LogP contribution in [0.3, 0.4) is 0 Å². The number of pyridine rings is 1. The van der Waals surface area contributed by atoms with Gasteiger partial charge in [-0.3, -0.25) is 9.59 Å². The molecule has 1 aromatic carbocycles. The molecule has 2 bridgehead atoms. The maximum absolute atomic E-state index is 12.5. The van der Waals surface area contributed by atoms with Gasteiger partial charge in [0, 0.05) is 35.8 Å². The van der Waals surface area contributed by atoms with Crippen molar-refractivity contribution in [2.75, 3.05) is 5.32 Å². The van der Waals surface area contributed by atoms with E-state index in [9.17, 15) is 9.59 Å². The predicted molar refractivity (Wildman–Crippen MR) is 114 cm³/mol. The Hall–Kier alpha value is -1.82. The van der Waals surface area contributed by atoms with Gasteiger partial charge in [0.05, 0.1) is 12.2 Å². The lowest BCUT2D eigenvalue weighted by atomic mass is 9.89. The van der Waals surface area contributed by atoms with Crippen molar-refractivity contribution in [1.29, 1.82) is 0 Å². The van der Waals surface area contributed by atoms with E-state index in [1.54, 1.807) is 22.9 Å². The van der Waals surface area contributed by atoms with E-state index < -0.39 is 0 Å². The Labute approximate surface area is 175 Å². The van der Waals surface area contributed by atoms with Crippen LogP contribution >= 0.6 is 24.0 Å². The van der Waals surface area contributed by atoms with E-state index in [2.05, 4.69) is 10.6 Å². The molecule has 3 heterocycles. The van der Waals surface area contributed by atoms with Crippen molar-refractivity contribution in [3.8, 4) is 0 Å². The minimum atomic E-state index is -0.122. The second-order valence-electron chi connectivity index (χ2n) is 7.70. The highest BCUT2D eigenvalue weighted by Crippen LogP contribution is 2.32. The van der Waals surface area contributed by atoms with Gasteiger partial charge in [-0.2, -0.15) is 0 Å². The summed E-state index contributed by atoms with van der Waals surface area (Å²) < 4.78 is 1.57. The van der Waals surface area contributed by atoms with E-state index in [4.69, 9.17) is 11.6 Å². The van der Waals surface area contributed by atoms with Crippen molar-refractivity contribution in [3.05, 3.63) is 63.5 Å².